The molecule has 2 aliphatic heterocycles. The standard InChI is InChI=1S/C25H32FN3O2.HI/c1-18-16-29(17-23(31-18)19-10-12-22(26)13-11-19)25(27-2)28-15-21-9-6-14-30-24(21)20-7-4-3-5-8-20;/h3-5,7-8,10-13,18,21,23-24H,6,9,14-17H2,1-2H3,(H,27,28);1H. The van der Waals surface area contributed by atoms with Gasteiger partial charge in [0, 0.05) is 32.7 Å². The smallest absolute Gasteiger partial charge is 0.193 e. The molecule has 32 heavy (non-hydrogen) atoms. The third kappa shape index (κ3) is 6.20. The average molecular weight is 553 g/mol. The third-order valence-corrected chi connectivity index (χ3v) is 6.11. The maximum Gasteiger partial charge on any atom is 0.193 e. The Morgan fingerprint density at radius 1 is 1.09 bits per heavy atom. The summed E-state index contributed by atoms with van der Waals surface area (Å²) in [6.45, 7) is 5.13. The van der Waals surface area contributed by atoms with Gasteiger partial charge in [-0.2, -0.15) is 0 Å². The van der Waals surface area contributed by atoms with Crippen LogP contribution in [0.25, 0.3) is 0 Å². The molecule has 4 atom stereocenters. The van der Waals surface area contributed by atoms with E-state index in [0.717, 1.165) is 44.1 Å². The van der Waals surface area contributed by atoms with E-state index in [1.807, 2.05) is 13.1 Å². The molecule has 0 bridgehead atoms. The van der Waals surface area contributed by atoms with Gasteiger partial charge in [0.15, 0.2) is 5.96 Å². The summed E-state index contributed by atoms with van der Waals surface area (Å²) in [6, 6.07) is 17.1. The van der Waals surface area contributed by atoms with Gasteiger partial charge in [0.25, 0.3) is 0 Å². The zero-order valence-corrected chi connectivity index (χ0v) is 21.1. The van der Waals surface area contributed by atoms with E-state index in [-0.39, 0.29) is 48.1 Å². The second-order valence-corrected chi connectivity index (χ2v) is 8.42. The van der Waals surface area contributed by atoms with Crippen LogP contribution in [0.15, 0.2) is 59.6 Å². The minimum Gasteiger partial charge on any atom is -0.373 e. The molecule has 2 saturated heterocycles. The fourth-order valence-corrected chi connectivity index (χ4v) is 4.60. The van der Waals surface area contributed by atoms with Crippen LogP contribution >= 0.6 is 24.0 Å². The fraction of sp³-hybridized carbons (Fsp3) is 0.480. The average Bonchev–Trinajstić information content (AvgIpc) is 2.80. The molecule has 5 nitrogen and oxygen atoms in total. The van der Waals surface area contributed by atoms with E-state index in [9.17, 15) is 4.39 Å². The molecule has 0 radical (unpaired) electrons. The lowest BCUT2D eigenvalue weighted by molar-refractivity contribution is -0.0609. The van der Waals surface area contributed by atoms with Crippen molar-refractivity contribution in [2.75, 3.05) is 33.3 Å². The molecule has 0 aromatic heterocycles. The quantitative estimate of drug-likeness (QED) is 0.331. The van der Waals surface area contributed by atoms with Crippen LogP contribution in [-0.2, 0) is 9.47 Å². The van der Waals surface area contributed by atoms with Crippen molar-refractivity contribution < 1.29 is 13.9 Å². The Morgan fingerprint density at radius 3 is 2.56 bits per heavy atom. The van der Waals surface area contributed by atoms with Crippen LogP contribution in [0.3, 0.4) is 0 Å². The van der Waals surface area contributed by atoms with Gasteiger partial charge in [-0.15, -0.1) is 24.0 Å². The molecule has 0 aliphatic carbocycles. The Kier molecular flexibility index (Phi) is 9.31. The van der Waals surface area contributed by atoms with E-state index in [1.165, 1.54) is 17.7 Å². The molecule has 7 heteroatoms. The number of halogens is 2. The van der Waals surface area contributed by atoms with Crippen molar-refractivity contribution in [1.82, 2.24) is 10.2 Å². The SMILES string of the molecule is CN=C(NCC1CCCOC1c1ccccc1)N1CC(C)OC(c2ccc(F)cc2)C1.I. The van der Waals surface area contributed by atoms with E-state index < -0.39 is 0 Å². The van der Waals surface area contributed by atoms with Crippen LogP contribution in [0.1, 0.15) is 43.1 Å². The molecule has 2 aliphatic rings. The Bertz CT molecular complexity index is 865. The van der Waals surface area contributed by atoms with Crippen molar-refractivity contribution in [3.63, 3.8) is 0 Å². The first-order valence-corrected chi connectivity index (χ1v) is 11.2. The van der Waals surface area contributed by atoms with E-state index in [4.69, 9.17) is 9.47 Å². The molecule has 2 aromatic carbocycles. The first kappa shape index (κ1) is 24.9. The lowest BCUT2D eigenvalue weighted by Gasteiger charge is -2.39. The molecule has 0 spiro atoms. The fourth-order valence-electron chi connectivity index (χ4n) is 4.60. The highest BCUT2D eigenvalue weighted by atomic mass is 127. The van der Waals surface area contributed by atoms with Crippen LogP contribution in [-0.4, -0.2) is 50.3 Å². The van der Waals surface area contributed by atoms with Crippen molar-refractivity contribution in [2.45, 2.75) is 38.1 Å². The van der Waals surface area contributed by atoms with Gasteiger partial charge in [-0.3, -0.25) is 4.99 Å². The number of guanidine groups is 1. The Morgan fingerprint density at radius 2 is 1.84 bits per heavy atom. The zero-order chi connectivity index (χ0) is 21.6. The van der Waals surface area contributed by atoms with Crippen LogP contribution in [0, 0.1) is 11.7 Å². The van der Waals surface area contributed by atoms with Crippen molar-refractivity contribution in [1.29, 1.82) is 0 Å². The maximum absolute atomic E-state index is 13.3. The third-order valence-electron chi connectivity index (χ3n) is 6.11. The second kappa shape index (κ2) is 12.0. The van der Waals surface area contributed by atoms with Gasteiger partial charge in [0.2, 0.25) is 0 Å². The topological polar surface area (TPSA) is 46.1 Å². The number of rotatable bonds is 4. The molecule has 0 amide bonds. The molecule has 4 unspecified atom stereocenters. The number of nitrogens with zero attached hydrogens (tertiary/aromatic N) is 2. The summed E-state index contributed by atoms with van der Waals surface area (Å²) >= 11 is 0. The van der Waals surface area contributed by atoms with Gasteiger partial charge in [-0.1, -0.05) is 42.5 Å². The second-order valence-electron chi connectivity index (χ2n) is 8.42. The van der Waals surface area contributed by atoms with E-state index in [2.05, 4.69) is 46.4 Å². The summed E-state index contributed by atoms with van der Waals surface area (Å²) in [5.74, 6) is 1.03. The van der Waals surface area contributed by atoms with E-state index >= 15 is 0 Å². The van der Waals surface area contributed by atoms with Crippen molar-refractivity contribution >= 4 is 29.9 Å². The van der Waals surface area contributed by atoms with Crippen LogP contribution in [0.5, 0.6) is 0 Å². The van der Waals surface area contributed by atoms with Crippen LogP contribution in [0.4, 0.5) is 4.39 Å². The number of hydrogen-bond donors (Lipinski definition) is 1. The van der Waals surface area contributed by atoms with Gasteiger partial charge < -0.3 is 19.7 Å². The van der Waals surface area contributed by atoms with Gasteiger partial charge in [0.05, 0.1) is 18.8 Å². The van der Waals surface area contributed by atoms with Gasteiger partial charge in [0.1, 0.15) is 11.9 Å². The minimum atomic E-state index is -0.232. The predicted molar refractivity (Wildman–Crippen MR) is 136 cm³/mol. The Hall–Kier alpha value is -1.71. The van der Waals surface area contributed by atoms with Crippen LogP contribution < -0.4 is 5.32 Å². The highest BCUT2D eigenvalue weighted by molar-refractivity contribution is 14.0. The highest BCUT2D eigenvalue weighted by Crippen LogP contribution is 2.33. The lowest BCUT2D eigenvalue weighted by atomic mass is 9.89. The summed E-state index contributed by atoms with van der Waals surface area (Å²) in [6.07, 6.45) is 2.25. The van der Waals surface area contributed by atoms with Gasteiger partial charge in [-0.05, 0) is 43.0 Å². The largest absolute Gasteiger partial charge is 0.373 e. The molecule has 1 N–H and O–H groups in total. The molecule has 0 saturated carbocycles. The summed E-state index contributed by atoms with van der Waals surface area (Å²) in [7, 11) is 1.82. The first-order chi connectivity index (χ1) is 15.1. The summed E-state index contributed by atoms with van der Waals surface area (Å²) in [5, 5.41) is 3.59. The molecule has 4 rings (SSSR count). The number of morpholine rings is 1. The Balaban J connectivity index is 0.00000289. The van der Waals surface area contributed by atoms with Crippen molar-refractivity contribution in [3.05, 3.63) is 71.5 Å². The van der Waals surface area contributed by atoms with E-state index in [1.54, 1.807) is 12.1 Å². The number of hydrogen-bond acceptors (Lipinski definition) is 3. The Labute approximate surface area is 207 Å². The van der Waals surface area contributed by atoms with Crippen molar-refractivity contribution in [3.8, 4) is 0 Å². The summed E-state index contributed by atoms with van der Waals surface area (Å²) in [5.41, 5.74) is 2.22. The van der Waals surface area contributed by atoms with Gasteiger partial charge in [-0.25, -0.2) is 4.39 Å². The molecule has 2 heterocycles. The molecule has 2 aromatic rings. The summed E-state index contributed by atoms with van der Waals surface area (Å²) in [4.78, 5) is 6.79. The monoisotopic (exact) mass is 553 g/mol. The highest BCUT2D eigenvalue weighted by Gasteiger charge is 2.31. The first-order valence-electron chi connectivity index (χ1n) is 11.2. The molecular formula is C25H33FIN3O2. The lowest BCUT2D eigenvalue weighted by Crippen LogP contribution is -2.51. The number of benzene rings is 2. The number of nitrogens with one attached hydrogen (secondary N) is 1. The maximum atomic E-state index is 13.3. The van der Waals surface area contributed by atoms with Gasteiger partial charge >= 0.3 is 0 Å². The normalized spacial score (nSPS) is 26.3. The minimum absolute atomic E-state index is 0. The van der Waals surface area contributed by atoms with E-state index in [0.29, 0.717) is 12.5 Å². The van der Waals surface area contributed by atoms with Crippen molar-refractivity contribution in [2.24, 2.45) is 10.9 Å². The molecule has 2 fully saturated rings. The molecular weight excluding hydrogens is 520 g/mol. The summed E-state index contributed by atoms with van der Waals surface area (Å²) < 4.78 is 25.6. The predicted octanol–water partition coefficient (Wildman–Crippen LogP) is 4.95. The zero-order valence-electron chi connectivity index (χ0n) is 18.7. The van der Waals surface area contributed by atoms with Crippen LogP contribution in [0.2, 0.25) is 0 Å². The number of ether oxygens (including phenoxy) is 2. The molecule has 174 valence electrons. The number of aliphatic imine (C=N–C) groups is 1.